The molecule has 0 bridgehead atoms. The lowest BCUT2D eigenvalue weighted by Crippen LogP contribution is -2.22. The molecule has 0 aromatic heterocycles. The van der Waals surface area contributed by atoms with Gasteiger partial charge >= 0.3 is 5.97 Å². The third-order valence-corrected chi connectivity index (χ3v) is 2.39. The zero-order valence-electron chi connectivity index (χ0n) is 9.50. The zero-order chi connectivity index (χ0) is 11.1. The van der Waals surface area contributed by atoms with E-state index in [2.05, 4.69) is 11.7 Å². The third-order valence-electron chi connectivity index (χ3n) is 2.39. The van der Waals surface area contributed by atoms with Gasteiger partial charge in [-0.1, -0.05) is 27.2 Å². The maximum Gasteiger partial charge on any atom is 0.306 e. The van der Waals surface area contributed by atoms with Crippen molar-refractivity contribution in [3.63, 3.8) is 0 Å². The van der Waals surface area contributed by atoms with Crippen molar-refractivity contribution in [1.82, 2.24) is 0 Å². The summed E-state index contributed by atoms with van der Waals surface area (Å²) in [6.07, 6.45) is 2.09. The van der Waals surface area contributed by atoms with Crippen molar-refractivity contribution < 1.29 is 14.3 Å². The molecule has 0 rings (SSSR count). The Morgan fingerprint density at radius 2 is 1.79 bits per heavy atom. The number of carbonyl (C=O) groups is 2. The minimum absolute atomic E-state index is 0.0552. The second-order valence-corrected chi connectivity index (χ2v) is 3.77. The van der Waals surface area contributed by atoms with Crippen LogP contribution in [0.2, 0.25) is 0 Å². The number of esters is 1. The van der Waals surface area contributed by atoms with Crippen LogP contribution in [-0.4, -0.2) is 18.9 Å². The molecule has 3 nitrogen and oxygen atoms in total. The molecule has 0 N–H and O–H groups in total. The van der Waals surface area contributed by atoms with Crippen LogP contribution < -0.4 is 0 Å². The van der Waals surface area contributed by atoms with E-state index in [0.717, 1.165) is 12.8 Å². The quantitative estimate of drug-likeness (QED) is 0.617. The van der Waals surface area contributed by atoms with E-state index in [4.69, 9.17) is 0 Å². The molecular weight excluding hydrogens is 180 g/mol. The molecule has 0 heterocycles. The van der Waals surface area contributed by atoms with Gasteiger partial charge in [-0.05, 0) is 6.42 Å². The maximum atomic E-state index is 11.7. The van der Waals surface area contributed by atoms with Gasteiger partial charge in [-0.25, -0.2) is 0 Å². The van der Waals surface area contributed by atoms with Crippen molar-refractivity contribution in [1.29, 1.82) is 0 Å². The van der Waals surface area contributed by atoms with E-state index in [1.165, 1.54) is 7.11 Å². The molecule has 0 aromatic rings. The molecule has 14 heavy (non-hydrogen) atoms. The molecule has 0 aliphatic heterocycles. The van der Waals surface area contributed by atoms with E-state index in [-0.39, 0.29) is 30.0 Å². The van der Waals surface area contributed by atoms with Crippen LogP contribution in [0.4, 0.5) is 0 Å². The number of hydrogen-bond acceptors (Lipinski definition) is 3. The zero-order valence-corrected chi connectivity index (χ0v) is 9.50. The number of Topliss-reactive ketones (excluding diaryl/α,β-unsaturated/α-hetero) is 1. The van der Waals surface area contributed by atoms with E-state index < -0.39 is 0 Å². The van der Waals surface area contributed by atoms with Crippen molar-refractivity contribution in [2.24, 2.45) is 11.8 Å². The van der Waals surface area contributed by atoms with Crippen LogP contribution in [0, 0.1) is 11.8 Å². The Labute approximate surface area is 85.8 Å². The van der Waals surface area contributed by atoms with Crippen LogP contribution in [0.15, 0.2) is 0 Å². The Bertz CT molecular complexity index is 199. The monoisotopic (exact) mass is 200 g/mol. The third kappa shape index (κ3) is 4.40. The molecule has 0 saturated carbocycles. The van der Waals surface area contributed by atoms with Gasteiger partial charge in [-0.15, -0.1) is 0 Å². The normalized spacial score (nSPS) is 14.6. The summed E-state index contributed by atoms with van der Waals surface area (Å²) in [5, 5.41) is 0. The first-order chi connectivity index (χ1) is 6.52. The van der Waals surface area contributed by atoms with Crippen LogP contribution in [0.5, 0.6) is 0 Å². The average molecular weight is 200 g/mol. The summed E-state index contributed by atoms with van der Waals surface area (Å²) in [5.41, 5.74) is 0. The molecule has 0 aliphatic rings. The van der Waals surface area contributed by atoms with Crippen molar-refractivity contribution in [3.05, 3.63) is 0 Å². The number of carbonyl (C=O) groups excluding carboxylic acids is 2. The number of ether oxygens (including phenoxy) is 1. The fraction of sp³-hybridized carbons (Fsp3) is 0.818. The highest BCUT2D eigenvalue weighted by Crippen LogP contribution is 2.15. The number of ketones is 1. The fourth-order valence-corrected chi connectivity index (χ4v) is 1.49. The van der Waals surface area contributed by atoms with Crippen LogP contribution in [-0.2, 0) is 14.3 Å². The van der Waals surface area contributed by atoms with Gasteiger partial charge in [-0.2, -0.15) is 0 Å². The summed E-state index contributed by atoms with van der Waals surface area (Å²) in [4.78, 5) is 22.6. The average Bonchev–Trinajstić information content (AvgIpc) is 2.16. The van der Waals surface area contributed by atoms with Crippen LogP contribution in [0.1, 0.15) is 40.0 Å². The number of methoxy groups -OCH3 is 1. The van der Waals surface area contributed by atoms with Crippen molar-refractivity contribution in [2.75, 3.05) is 7.11 Å². The summed E-state index contributed by atoms with van der Waals surface area (Å²) in [6.45, 7) is 5.75. The number of hydrogen-bond donors (Lipinski definition) is 0. The highest BCUT2D eigenvalue weighted by Gasteiger charge is 2.21. The maximum absolute atomic E-state index is 11.7. The SMILES string of the molecule is CCCC(C)C(=O)C(C)CC(=O)OC. The minimum Gasteiger partial charge on any atom is -0.469 e. The Morgan fingerprint density at radius 3 is 2.21 bits per heavy atom. The van der Waals surface area contributed by atoms with Crippen LogP contribution in [0.3, 0.4) is 0 Å². The first-order valence-electron chi connectivity index (χ1n) is 5.13. The van der Waals surface area contributed by atoms with Gasteiger partial charge in [0.2, 0.25) is 0 Å². The molecule has 0 amide bonds. The van der Waals surface area contributed by atoms with E-state index in [1.807, 2.05) is 6.92 Å². The van der Waals surface area contributed by atoms with Gasteiger partial charge in [0.25, 0.3) is 0 Å². The molecule has 0 spiro atoms. The highest BCUT2D eigenvalue weighted by atomic mass is 16.5. The van der Waals surface area contributed by atoms with E-state index in [9.17, 15) is 9.59 Å². The first kappa shape index (κ1) is 13.1. The van der Waals surface area contributed by atoms with Crippen molar-refractivity contribution >= 4 is 11.8 Å². The number of rotatable bonds is 6. The standard InChI is InChI=1S/C11H20O3/c1-5-6-8(2)11(13)9(3)7-10(12)14-4/h8-9H,5-7H2,1-4H3. The fourth-order valence-electron chi connectivity index (χ4n) is 1.49. The smallest absolute Gasteiger partial charge is 0.306 e. The lowest BCUT2D eigenvalue weighted by atomic mass is 9.90. The molecule has 2 atom stereocenters. The van der Waals surface area contributed by atoms with Crippen LogP contribution >= 0.6 is 0 Å². The summed E-state index contributed by atoms with van der Waals surface area (Å²) in [7, 11) is 1.34. The van der Waals surface area contributed by atoms with Gasteiger partial charge in [-0.3, -0.25) is 9.59 Å². The molecule has 0 radical (unpaired) electrons. The Morgan fingerprint density at radius 1 is 1.21 bits per heavy atom. The van der Waals surface area contributed by atoms with Gasteiger partial charge in [0.1, 0.15) is 5.78 Å². The summed E-state index contributed by atoms with van der Waals surface area (Å²) in [6, 6.07) is 0. The minimum atomic E-state index is -0.311. The van der Waals surface area contributed by atoms with Gasteiger partial charge in [0.15, 0.2) is 0 Å². The molecule has 3 heteroatoms. The Kier molecular flexibility index (Phi) is 6.17. The van der Waals surface area contributed by atoms with E-state index in [0.29, 0.717) is 0 Å². The largest absolute Gasteiger partial charge is 0.469 e. The summed E-state index contributed by atoms with van der Waals surface area (Å²) < 4.78 is 4.52. The first-order valence-corrected chi connectivity index (χ1v) is 5.13. The molecule has 0 aromatic carbocycles. The van der Waals surface area contributed by atoms with E-state index >= 15 is 0 Å². The predicted octanol–water partition coefficient (Wildman–Crippen LogP) is 2.19. The second kappa shape index (κ2) is 6.57. The summed E-state index contributed by atoms with van der Waals surface area (Å²) in [5.74, 6) is -0.310. The topological polar surface area (TPSA) is 43.4 Å². The Balaban J connectivity index is 4.04. The van der Waals surface area contributed by atoms with Gasteiger partial charge in [0, 0.05) is 11.8 Å². The molecular formula is C11H20O3. The van der Waals surface area contributed by atoms with Gasteiger partial charge < -0.3 is 4.74 Å². The van der Waals surface area contributed by atoms with Crippen molar-refractivity contribution in [3.8, 4) is 0 Å². The Hall–Kier alpha value is -0.860. The molecule has 0 fully saturated rings. The van der Waals surface area contributed by atoms with Gasteiger partial charge in [0.05, 0.1) is 13.5 Å². The lowest BCUT2D eigenvalue weighted by molar-refractivity contribution is -0.144. The summed E-state index contributed by atoms with van der Waals surface area (Å²) >= 11 is 0. The second-order valence-electron chi connectivity index (χ2n) is 3.77. The molecule has 82 valence electrons. The molecule has 0 aliphatic carbocycles. The molecule has 2 unspecified atom stereocenters. The highest BCUT2D eigenvalue weighted by molar-refractivity contribution is 5.86. The van der Waals surface area contributed by atoms with E-state index in [1.54, 1.807) is 6.92 Å². The van der Waals surface area contributed by atoms with Crippen LogP contribution in [0.25, 0.3) is 0 Å². The lowest BCUT2D eigenvalue weighted by Gasteiger charge is -2.14. The molecule has 0 saturated heterocycles. The predicted molar refractivity (Wildman–Crippen MR) is 54.9 cm³/mol. The van der Waals surface area contributed by atoms with Crippen molar-refractivity contribution in [2.45, 2.75) is 40.0 Å².